The number of piperidine rings is 1. The minimum Gasteiger partial charge on any atom is -0.354 e. The first-order valence-electron chi connectivity index (χ1n) is 7.05. The van der Waals surface area contributed by atoms with E-state index < -0.39 is 6.04 Å². The Morgan fingerprint density at radius 3 is 3.20 bits per heavy atom. The Morgan fingerprint density at radius 1 is 1.45 bits per heavy atom. The van der Waals surface area contributed by atoms with Gasteiger partial charge >= 0.3 is 6.03 Å². The number of urea groups is 1. The van der Waals surface area contributed by atoms with Crippen LogP contribution in [0.5, 0.6) is 0 Å². The zero-order chi connectivity index (χ0) is 13.9. The van der Waals surface area contributed by atoms with Crippen LogP contribution in [0.2, 0.25) is 0 Å². The molecule has 1 aromatic heterocycles. The number of nitrogens with one attached hydrogen (secondary N) is 2. The van der Waals surface area contributed by atoms with Gasteiger partial charge in [-0.05, 0) is 37.3 Å². The molecular weight excluding hydrogens is 256 g/mol. The molecule has 0 radical (unpaired) electrons. The van der Waals surface area contributed by atoms with E-state index in [1.54, 1.807) is 11.1 Å². The number of hydrogen-bond donors (Lipinski definition) is 2. The van der Waals surface area contributed by atoms with Gasteiger partial charge in [0, 0.05) is 19.3 Å². The molecule has 2 aliphatic rings. The SMILES string of the molecule is O=C1NCCCC1NC(=O)N1CCCc2cccnc21. The van der Waals surface area contributed by atoms with E-state index in [9.17, 15) is 9.59 Å². The summed E-state index contributed by atoms with van der Waals surface area (Å²) >= 11 is 0. The van der Waals surface area contributed by atoms with Crippen LogP contribution in [0.4, 0.5) is 10.6 Å². The highest BCUT2D eigenvalue weighted by molar-refractivity contribution is 5.95. The van der Waals surface area contributed by atoms with Crippen LogP contribution in [0.15, 0.2) is 18.3 Å². The summed E-state index contributed by atoms with van der Waals surface area (Å²) in [5.41, 5.74) is 1.09. The van der Waals surface area contributed by atoms with Crippen molar-refractivity contribution in [2.45, 2.75) is 31.7 Å². The Hall–Kier alpha value is -2.11. The molecule has 2 N–H and O–H groups in total. The molecule has 2 aliphatic heterocycles. The second-order valence-electron chi connectivity index (χ2n) is 5.18. The van der Waals surface area contributed by atoms with Gasteiger partial charge in [-0.15, -0.1) is 0 Å². The van der Waals surface area contributed by atoms with Crippen LogP contribution in [-0.4, -0.2) is 36.1 Å². The van der Waals surface area contributed by atoms with Gasteiger partial charge in [0.05, 0.1) is 0 Å². The largest absolute Gasteiger partial charge is 0.354 e. The molecule has 0 aliphatic carbocycles. The highest BCUT2D eigenvalue weighted by Gasteiger charge is 2.28. The second kappa shape index (κ2) is 5.48. The molecule has 1 unspecified atom stereocenters. The maximum atomic E-state index is 12.4. The monoisotopic (exact) mass is 274 g/mol. The molecule has 20 heavy (non-hydrogen) atoms. The van der Waals surface area contributed by atoms with E-state index >= 15 is 0 Å². The van der Waals surface area contributed by atoms with Crippen LogP contribution in [0.3, 0.4) is 0 Å². The van der Waals surface area contributed by atoms with E-state index in [-0.39, 0.29) is 11.9 Å². The van der Waals surface area contributed by atoms with Gasteiger partial charge in [-0.2, -0.15) is 0 Å². The summed E-state index contributed by atoms with van der Waals surface area (Å²) < 4.78 is 0. The molecule has 6 nitrogen and oxygen atoms in total. The summed E-state index contributed by atoms with van der Waals surface area (Å²) in [5.74, 6) is 0.621. The minimum atomic E-state index is -0.426. The van der Waals surface area contributed by atoms with Gasteiger partial charge in [0.2, 0.25) is 5.91 Å². The lowest BCUT2D eigenvalue weighted by atomic mass is 10.1. The highest BCUT2D eigenvalue weighted by atomic mass is 16.2. The zero-order valence-electron chi connectivity index (χ0n) is 11.3. The van der Waals surface area contributed by atoms with E-state index in [2.05, 4.69) is 15.6 Å². The van der Waals surface area contributed by atoms with Crippen LogP contribution < -0.4 is 15.5 Å². The Balaban J connectivity index is 1.73. The van der Waals surface area contributed by atoms with E-state index in [4.69, 9.17) is 0 Å². The van der Waals surface area contributed by atoms with Crippen molar-refractivity contribution < 1.29 is 9.59 Å². The quantitative estimate of drug-likeness (QED) is 0.796. The molecule has 0 saturated carbocycles. The Morgan fingerprint density at radius 2 is 2.35 bits per heavy atom. The number of pyridine rings is 1. The van der Waals surface area contributed by atoms with Crippen molar-refractivity contribution >= 4 is 17.8 Å². The first-order chi connectivity index (χ1) is 9.75. The van der Waals surface area contributed by atoms with Gasteiger partial charge < -0.3 is 10.6 Å². The molecule has 106 valence electrons. The van der Waals surface area contributed by atoms with Crippen molar-refractivity contribution in [2.75, 3.05) is 18.0 Å². The van der Waals surface area contributed by atoms with Crippen molar-refractivity contribution in [2.24, 2.45) is 0 Å². The maximum absolute atomic E-state index is 12.4. The molecule has 6 heteroatoms. The molecule has 3 amide bonds. The van der Waals surface area contributed by atoms with Crippen molar-refractivity contribution in [3.8, 4) is 0 Å². The van der Waals surface area contributed by atoms with Crippen molar-refractivity contribution in [1.82, 2.24) is 15.6 Å². The van der Waals surface area contributed by atoms with E-state index in [0.29, 0.717) is 25.3 Å². The Bertz CT molecular complexity index is 532. The van der Waals surface area contributed by atoms with Crippen LogP contribution in [0.1, 0.15) is 24.8 Å². The fourth-order valence-electron chi connectivity index (χ4n) is 2.74. The maximum Gasteiger partial charge on any atom is 0.323 e. The van der Waals surface area contributed by atoms with Crippen molar-refractivity contribution in [3.05, 3.63) is 23.9 Å². The topological polar surface area (TPSA) is 74.3 Å². The summed E-state index contributed by atoms with van der Waals surface area (Å²) in [6.07, 6.45) is 5.14. The van der Waals surface area contributed by atoms with E-state index in [0.717, 1.165) is 24.8 Å². The smallest absolute Gasteiger partial charge is 0.323 e. The van der Waals surface area contributed by atoms with Crippen LogP contribution in [0, 0.1) is 0 Å². The summed E-state index contributed by atoms with van der Waals surface area (Å²) in [6.45, 7) is 1.34. The summed E-state index contributed by atoms with van der Waals surface area (Å²) in [5, 5.41) is 5.59. The molecule has 1 saturated heterocycles. The lowest BCUT2D eigenvalue weighted by Crippen LogP contribution is -2.54. The normalized spacial score (nSPS) is 21.9. The average molecular weight is 274 g/mol. The number of hydrogen-bond acceptors (Lipinski definition) is 3. The average Bonchev–Trinajstić information content (AvgIpc) is 2.49. The summed E-state index contributed by atoms with van der Waals surface area (Å²) in [4.78, 5) is 30.0. The lowest BCUT2D eigenvalue weighted by molar-refractivity contribution is -0.124. The first kappa shape index (κ1) is 12.9. The molecule has 0 aromatic carbocycles. The summed E-state index contributed by atoms with van der Waals surface area (Å²) in [6, 6.07) is 3.22. The Labute approximate surface area is 117 Å². The number of aryl methyl sites for hydroxylation is 1. The minimum absolute atomic E-state index is 0.0946. The number of rotatable bonds is 1. The van der Waals surface area contributed by atoms with Crippen LogP contribution >= 0.6 is 0 Å². The van der Waals surface area contributed by atoms with Crippen LogP contribution in [-0.2, 0) is 11.2 Å². The van der Waals surface area contributed by atoms with Gasteiger partial charge in [0.1, 0.15) is 11.9 Å². The van der Waals surface area contributed by atoms with Crippen LogP contribution in [0.25, 0.3) is 0 Å². The third-order valence-corrected chi connectivity index (χ3v) is 3.78. The molecule has 0 spiro atoms. The number of aromatic nitrogens is 1. The first-order valence-corrected chi connectivity index (χ1v) is 7.05. The standard InChI is InChI=1S/C14H18N4O2/c19-13-11(6-2-8-16-13)17-14(20)18-9-3-5-10-4-1-7-15-12(10)18/h1,4,7,11H,2-3,5-6,8-9H2,(H,16,19)(H,17,20). The number of carbonyl (C=O) groups excluding carboxylic acids is 2. The van der Waals surface area contributed by atoms with Gasteiger partial charge in [-0.1, -0.05) is 6.07 Å². The predicted octanol–water partition coefficient (Wildman–Crippen LogP) is 0.822. The molecule has 0 bridgehead atoms. The van der Waals surface area contributed by atoms with Gasteiger partial charge in [0.15, 0.2) is 0 Å². The predicted molar refractivity (Wildman–Crippen MR) is 74.5 cm³/mol. The number of fused-ring (bicyclic) bond motifs is 1. The van der Waals surface area contributed by atoms with Crippen molar-refractivity contribution in [3.63, 3.8) is 0 Å². The number of amides is 3. The molecule has 3 rings (SSSR count). The zero-order valence-corrected chi connectivity index (χ0v) is 11.3. The Kier molecular flexibility index (Phi) is 3.54. The third-order valence-electron chi connectivity index (χ3n) is 3.78. The number of carbonyl (C=O) groups is 2. The molecule has 3 heterocycles. The molecule has 1 aromatic rings. The molecule has 1 fully saturated rings. The van der Waals surface area contributed by atoms with Crippen molar-refractivity contribution in [1.29, 1.82) is 0 Å². The van der Waals surface area contributed by atoms with E-state index in [1.807, 2.05) is 12.1 Å². The number of nitrogens with zero attached hydrogens (tertiary/aromatic N) is 2. The highest BCUT2D eigenvalue weighted by Crippen LogP contribution is 2.24. The molecule has 1 atom stereocenters. The van der Waals surface area contributed by atoms with Gasteiger partial charge in [-0.3, -0.25) is 9.69 Å². The van der Waals surface area contributed by atoms with Gasteiger partial charge in [0.25, 0.3) is 0 Å². The fraction of sp³-hybridized carbons (Fsp3) is 0.500. The third kappa shape index (κ3) is 2.45. The van der Waals surface area contributed by atoms with E-state index in [1.165, 1.54) is 0 Å². The fourth-order valence-corrected chi connectivity index (χ4v) is 2.74. The summed E-state index contributed by atoms with van der Waals surface area (Å²) in [7, 11) is 0. The number of anilines is 1. The van der Waals surface area contributed by atoms with Gasteiger partial charge in [-0.25, -0.2) is 9.78 Å². The molecular formula is C14H18N4O2. The second-order valence-corrected chi connectivity index (χ2v) is 5.18. The lowest BCUT2D eigenvalue weighted by Gasteiger charge is -2.30.